The second-order valence-corrected chi connectivity index (χ2v) is 5.44. The van der Waals surface area contributed by atoms with Crippen LogP contribution in [-0.4, -0.2) is 37.5 Å². The molecule has 0 heterocycles. The van der Waals surface area contributed by atoms with Crippen LogP contribution in [0.3, 0.4) is 0 Å². The van der Waals surface area contributed by atoms with Crippen LogP contribution in [0.5, 0.6) is 0 Å². The van der Waals surface area contributed by atoms with Crippen LogP contribution < -0.4 is 15.5 Å². The molecule has 0 aliphatic heterocycles. The van der Waals surface area contributed by atoms with Gasteiger partial charge in [-0.25, -0.2) is 4.39 Å². The first-order valence-corrected chi connectivity index (χ1v) is 6.98. The number of rotatable bonds is 6. The fraction of sp³-hybridized carbons (Fsp3) is 0.467. The maximum absolute atomic E-state index is 13.5. The number of carbonyl (C=O) groups is 2. The average molecular weight is 296 g/mol. The van der Waals surface area contributed by atoms with Gasteiger partial charge in [0.05, 0.1) is 12.7 Å². The lowest BCUT2D eigenvalue weighted by atomic mass is 10.2. The molecule has 1 aromatic carbocycles. The topological polar surface area (TPSA) is 62.6 Å². The summed E-state index contributed by atoms with van der Waals surface area (Å²) in [6.45, 7) is 5.64. The number of halogens is 1. The Bertz CT molecular complexity index is 505. The summed E-state index contributed by atoms with van der Waals surface area (Å²) in [6.07, 6.45) is 0. The van der Waals surface area contributed by atoms with E-state index in [0.29, 0.717) is 0 Å². The summed E-state index contributed by atoms with van der Waals surface area (Å²) >= 11 is 0. The highest BCUT2D eigenvalue weighted by atomic mass is 19.1. The molecule has 0 radical (unpaired) electrons. The zero-order chi connectivity index (χ0) is 16.0. The van der Waals surface area contributed by atoms with Crippen molar-refractivity contribution in [1.29, 1.82) is 0 Å². The highest BCUT2D eigenvalue weighted by Gasteiger charge is 2.24. The van der Waals surface area contributed by atoms with E-state index in [1.807, 2.05) is 13.8 Å². The summed E-state index contributed by atoms with van der Waals surface area (Å²) in [6, 6.07) is 5.58. The summed E-state index contributed by atoms with van der Waals surface area (Å²) in [4.78, 5) is 24.5. The van der Waals surface area contributed by atoms with Crippen molar-refractivity contribution < 1.29 is 18.9 Å². The van der Waals surface area contributed by atoms with Crippen molar-refractivity contribution in [3.05, 3.63) is 30.1 Å². The first kappa shape index (κ1) is 17.1. The summed E-state index contributed by atoms with van der Waals surface area (Å²) < 4.78 is 13.5. The van der Waals surface area contributed by atoms with E-state index < -0.39 is 11.9 Å². The van der Waals surface area contributed by atoms with Gasteiger partial charge in [0.25, 0.3) is 11.8 Å². The van der Waals surface area contributed by atoms with E-state index in [2.05, 4.69) is 10.6 Å². The number of anilines is 1. The highest BCUT2D eigenvalue weighted by molar-refractivity contribution is 5.93. The fourth-order valence-corrected chi connectivity index (χ4v) is 1.81. The predicted molar refractivity (Wildman–Crippen MR) is 79.5 cm³/mol. The normalized spacial score (nSPS) is 13.6. The molecule has 21 heavy (non-hydrogen) atoms. The van der Waals surface area contributed by atoms with Crippen LogP contribution in [0.4, 0.5) is 10.1 Å². The standard InChI is InChI=1S/C15H22FN3O2/c1-10(2)17-14(20)9-19(4)11(3)15(21)18-13-8-6-5-7-12(13)16/h5-8,10-11H,9H2,1-4H3,(H,17,20)(H,18,21)/p+1/t11-/m1/s1. The van der Waals surface area contributed by atoms with Crippen LogP contribution in [0.25, 0.3) is 0 Å². The van der Waals surface area contributed by atoms with Crippen molar-refractivity contribution in [2.75, 3.05) is 18.9 Å². The molecule has 6 heteroatoms. The van der Waals surface area contributed by atoms with E-state index in [-0.39, 0.29) is 30.1 Å². The Morgan fingerprint density at radius 3 is 2.43 bits per heavy atom. The zero-order valence-corrected chi connectivity index (χ0v) is 12.9. The van der Waals surface area contributed by atoms with Gasteiger partial charge in [-0.15, -0.1) is 0 Å². The van der Waals surface area contributed by atoms with Gasteiger partial charge in [0, 0.05) is 6.04 Å². The van der Waals surface area contributed by atoms with Gasteiger partial charge >= 0.3 is 0 Å². The Hall–Kier alpha value is -1.95. The predicted octanol–water partition coefficient (Wildman–Crippen LogP) is 0.192. The largest absolute Gasteiger partial charge is 0.349 e. The molecule has 3 N–H and O–H groups in total. The SMILES string of the molecule is CC(C)NC(=O)C[NH+](C)[C@H](C)C(=O)Nc1ccccc1F. The van der Waals surface area contributed by atoms with Gasteiger partial charge < -0.3 is 15.5 Å². The third-order valence-corrected chi connectivity index (χ3v) is 3.15. The molecule has 2 atom stereocenters. The Balaban J connectivity index is 2.57. The van der Waals surface area contributed by atoms with Crippen molar-refractivity contribution in [1.82, 2.24) is 5.32 Å². The van der Waals surface area contributed by atoms with Gasteiger partial charge in [0.15, 0.2) is 12.6 Å². The second-order valence-electron chi connectivity index (χ2n) is 5.44. The number of quaternary nitrogens is 1. The van der Waals surface area contributed by atoms with Crippen molar-refractivity contribution in [2.45, 2.75) is 32.9 Å². The minimum absolute atomic E-state index is 0.0628. The molecule has 0 bridgehead atoms. The van der Waals surface area contributed by atoms with Crippen LogP contribution in [0, 0.1) is 5.82 Å². The van der Waals surface area contributed by atoms with E-state index in [4.69, 9.17) is 0 Å². The molecule has 0 saturated heterocycles. The summed E-state index contributed by atoms with van der Waals surface area (Å²) in [5.74, 6) is -0.920. The van der Waals surface area contributed by atoms with E-state index in [1.165, 1.54) is 12.1 Å². The number of nitrogens with one attached hydrogen (secondary N) is 3. The average Bonchev–Trinajstić information content (AvgIpc) is 2.39. The van der Waals surface area contributed by atoms with Crippen LogP contribution in [0.1, 0.15) is 20.8 Å². The number of benzene rings is 1. The molecule has 5 nitrogen and oxygen atoms in total. The van der Waals surface area contributed by atoms with E-state index in [0.717, 1.165) is 4.90 Å². The lowest BCUT2D eigenvalue weighted by molar-refractivity contribution is -0.885. The van der Waals surface area contributed by atoms with Gasteiger partial charge in [-0.05, 0) is 32.9 Å². The first-order valence-electron chi connectivity index (χ1n) is 6.98. The van der Waals surface area contributed by atoms with E-state index in [9.17, 15) is 14.0 Å². The maximum Gasteiger partial charge on any atom is 0.282 e. The molecule has 0 fully saturated rings. The first-order chi connectivity index (χ1) is 9.81. The number of likely N-dealkylation sites (N-methyl/N-ethyl adjacent to an activating group) is 1. The number of para-hydroxylation sites is 1. The lowest BCUT2D eigenvalue weighted by Crippen LogP contribution is -3.15. The minimum Gasteiger partial charge on any atom is -0.349 e. The molecular formula is C15H23FN3O2+. The molecule has 0 spiro atoms. The minimum atomic E-state index is -0.478. The van der Waals surface area contributed by atoms with Gasteiger partial charge in [-0.1, -0.05) is 12.1 Å². The van der Waals surface area contributed by atoms with Crippen LogP contribution in [0.2, 0.25) is 0 Å². The van der Waals surface area contributed by atoms with Crippen molar-refractivity contribution >= 4 is 17.5 Å². The van der Waals surface area contributed by atoms with Crippen LogP contribution in [-0.2, 0) is 9.59 Å². The Morgan fingerprint density at radius 2 is 1.86 bits per heavy atom. The number of amides is 2. The Labute approximate surface area is 124 Å². The van der Waals surface area contributed by atoms with Gasteiger partial charge in [0.1, 0.15) is 5.82 Å². The van der Waals surface area contributed by atoms with E-state index >= 15 is 0 Å². The molecule has 2 amide bonds. The van der Waals surface area contributed by atoms with Crippen molar-refractivity contribution in [2.24, 2.45) is 0 Å². The Kier molecular flexibility index (Phi) is 6.30. The molecule has 1 rings (SSSR count). The number of hydrogen-bond donors (Lipinski definition) is 3. The monoisotopic (exact) mass is 296 g/mol. The highest BCUT2D eigenvalue weighted by Crippen LogP contribution is 2.12. The Morgan fingerprint density at radius 1 is 1.24 bits per heavy atom. The van der Waals surface area contributed by atoms with Gasteiger partial charge in [-0.2, -0.15) is 0 Å². The zero-order valence-electron chi connectivity index (χ0n) is 12.9. The number of hydrogen-bond acceptors (Lipinski definition) is 2. The van der Waals surface area contributed by atoms with Crippen LogP contribution >= 0.6 is 0 Å². The molecule has 0 aromatic heterocycles. The fourth-order valence-electron chi connectivity index (χ4n) is 1.81. The lowest BCUT2D eigenvalue weighted by Gasteiger charge is -2.21. The molecule has 0 saturated carbocycles. The third-order valence-electron chi connectivity index (χ3n) is 3.15. The van der Waals surface area contributed by atoms with Gasteiger partial charge in [0.2, 0.25) is 0 Å². The van der Waals surface area contributed by atoms with Crippen LogP contribution in [0.15, 0.2) is 24.3 Å². The molecule has 116 valence electrons. The summed E-state index contributed by atoms with van der Waals surface area (Å²) in [7, 11) is 1.76. The maximum atomic E-state index is 13.5. The number of carbonyl (C=O) groups excluding carboxylic acids is 2. The molecule has 1 aromatic rings. The third kappa shape index (κ3) is 5.51. The second kappa shape index (κ2) is 7.73. The van der Waals surface area contributed by atoms with Gasteiger partial charge in [-0.3, -0.25) is 9.59 Å². The van der Waals surface area contributed by atoms with Crippen molar-refractivity contribution in [3.63, 3.8) is 0 Å². The smallest absolute Gasteiger partial charge is 0.282 e. The molecule has 0 aliphatic carbocycles. The molecular weight excluding hydrogens is 273 g/mol. The molecule has 1 unspecified atom stereocenters. The summed E-state index contributed by atoms with van der Waals surface area (Å²) in [5.41, 5.74) is 0.147. The van der Waals surface area contributed by atoms with Crippen molar-refractivity contribution in [3.8, 4) is 0 Å². The van der Waals surface area contributed by atoms with E-state index in [1.54, 1.807) is 26.1 Å². The quantitative estimate of drug-likeness (QED) is 0.702. The molecule has 0 aliphatic rings. The summed E-state index contributed by atoms with van der Waals surface area (Å²) in [5, 5.41) is 5.31.